The Kier molecular flexibility index (Phi) is 7.01. The summed E-state index contributed by atoms with van der Waals surface area (Å²) < 4.78 is 6.60. The quantitative estimate of drug-likeness (QED) is 0.205. The third kappa shape index (κ3) is 4.77. The fourth-order valence-corrected chi connectivity index (χ4v) is 11.0. The van der Waals surface area contributed by atoms with E-state index in [0.717, 1.165) is 17.9 Å². The Labute approximate surface area is 238 Å². The van der Waals surface area contributed by atoms with E-state index in [1.165, 1.54) is 43.0 Å². The molecule has 0 saturated heterocycles. The highest BCUT2D eigenvalue weighted by atomic mass is 31.1. The van der Waals surface area contributed by atoms with Gasteiger partial charge >= 0.3 is 0 Å². The van der Waals surface area contributed by atoms with Gasteiger partial charge in [0.15, 0.2) is 0 Å². The van der Waals surface area contributed by atoms with E-state index in [1.807, 2.05) is 0 Å². The summed E-state index contributed by atoms with van der Waals surface area (Å²) in [4.78, 5) is 0. The molecule has 1 aliphatic rings. The lowest BCUT2D eigenvalue weighted by Gasteiger charge is -2.32. The average Bonchev–Trinajstić information content (AvgIpc) is 3.03. The van der Waals surface area contributed by atoms with Gasteiger partial charge in [-0.15, -0.1) is 0 Å². The first-order valence-electron chi connectivity index (χ1n) is 13.6. The topological polar surface area (TPSA) is 9.23 Å². The van der Waals surface area contributed by atoms with Crippen molar-refractivity contribution < 1.29 is 4.74 Å². The molecule has 192 valence electrons. The molecule has 1 nitrogen and oxygen atoms in total. The minimum absolute atomic E-state index is 0.802. The van der Waals surface area contributed by atoms with Crippen LogP contribution in [0, 0.1) is 0 Å². The van der Waals surface area contributed by atoms with Gasteiger partial charge in [0, 0.05) is 17.3 Å². The molecular formula is C37H28OP2. The van der Waals surface area contributed by atoms with E-state index in [0.29, 0.717) is 0 Å². The lowest BCUT2D eigenvalue weighted by atomic mass is 10.0. The Balaban J connectivity index is 1.55. The number of ether oxygens (including phenoxy) is 1. The largest absolute Gasteiger partial charge is 0.457 e. The molecule has 0 radical (unpaired) electrons. The maximum absolute atomic E-state index is 6.60. The van der Waals surface area contributed by atoms with E-state index in [1.54, 1.807) is 0 Å². The summed E-state index contributed by atoms with van der Waals surface area (Å²) in [6.07, 6.45) is 0.861. The number of rotatable bonds is 6. The van der Waals surface area contributed by atoms with Crippen LogP contribution in [0.25, 0.3) is 0 Å². The van der Waals surface area contributed by atoms with Crippen LogP contribution >= 0.6 is 15.8 Å². The third-order valence-electron chi connectivity index (χ3n) is 7.30. The Morgan fingerprint density at radius 1 is 0.400 bits per heavy atom. The van der Waals surface area contributed by atoms with Crippen LogP contribution in [0.1, 0.15) is 11.1 Å². The van der Waals surface area contributed by atoms with E-state index in [9.17, 15) is 0 Å². The van der Waals surface area contributed by atoms with Crippen molar-refractivity contribution in [1.82, 2.24) is 0 Å². The molecule has 0 aromatic heterocycles. The predicted molar refractivity (Wildman–Crippen MR) is 173 cm³/mol. The second-order valence-electron chi connectivity index (χ2n) is 9.81. The summed E-state index contributed by atoms with van der Waals surface area (Å²) in [6, 6.07) is 57.2. The highest BCUT2D eigenvalue weighted by Gasteiger charge is 2.32. The van der Waals surface area contributed by atoms with Gasteiger partial charge in [-0.3, -0.25) is 0 Å². The van der Waals surface area contributed by atoms with Gasteiger partial charge in [-0.1, -0.05) is 140 Å². The summed E-state index contributed by atoms with van der Waals surface area (Å²) in [7, 11) is -1.65. The van der Waals surface area contributed by atoms with Crippen molar-refractivity contribution in [3.63, 3.8) is 0 Å². The summed E-state index contributed by atoms with van der Waals surface area (Å²) in [6.45, 7) is 0. The maximum atomic E-state index is 6.60. The van der Waals surface area contributed by atoms with Gasteiger partial charge in [0.2, 0.25) is 0 Å². The minimum atomic E-state index is -0.848. The first kappa shape index (κ1) is 25.0. The van der Waals surface area contributed by atoms with Crippen LogP contribution in [0.4, 0.5) is 0 Å². The van der Waals surface area contributed by atoms with Crippen molar-refractivity contribution in [3.05, 3.63) is 169 Å². The number of para-hydroxylation sites is 1. The van der Waals surface area contributed by atoms with Gasteiger partial charge in [0.25, 0.3) is 0 Å². The van der Waals surface area contributed by atoms with Crippen molar-refractivity contribution in [2.75, 3.05) is 0 Å². The molecule has 6 aromatic carbocycles. The molecule has 1 heterocycles. The van der Waals surface area contributed by atoms with Gasteiger partial charge in [-0.25, -0.2) is 0 Å². The van der Waals surface area contributed by atoms with Gasteiger partial charge in [-0.2, -0.15) is 0 Å². The monoisotopic (exact) mass is 550 g/mol. The molecular weight excluding hydrogens is 522 g/mol. The molecule has 0 spiro atoms. The lowest BCUT2D eigenvalue weighted by Crippen LogP contribution is -2.37. The van der Waals surface area contributed by atoms with Crippen molar-refractivity contribution in [2.45, 2.75) is 6.42 Å². The van der Waals surface area contributed by atoms with Crippen LogP contribution in [0.15, 0.2) is 158 Å². The molecule has 0 bridgehead atoms. The highest BCUT2D eigenvalue weighted by molar-refractivity contribution is 7.85. The number of hydrogen-bond donors (Lipinski definition) is 0. The molecule has 40 heavy (non-hydrogen) atoms. The van der Waals surface area contributed by atoms with Gasteiger partial charge < -0.3 is 4.74 Å². The Hall–Kier alpha value is -4.02. The normalized spacial score (nSPS) is 12.1. The van der Waals surface area contributed by atoms with Gasteiger partial charge in [-0.05, 0) is 66.1 Å². The van der Waals surface area contributed by atoms with Crippen LogP contribution in [-0.4, -0.2) is 0 Å². The SMILES string of the molecule is c1ccc(P(c2ccccc2)c2ccc3c(c2P(c2ccccc2)c2ccccc2)Cc2ccccc2O3)cc1. The van der Waals surface area contributed by atoms with E-state index >= 15 is 0 Å². The molecule has 3 heteroatoms. The van der Waals surface area contributed by atoms with E-state index in [4.69, 9.17) is 4.74 Å². The zero-order valence-corrected chi connectivity index (χ0v) is 23.8. The first-order valence-corrected chi connectivity index (χ1v) is 16.3. The molecule has 0 saturated carbocycles. The smallest absolute Gasteiger partial charge is 0.131 e. The van der Waals surface area contributed by atoms with Crippen molar-refractivity contribution >= 4 is 47.7 Å². The molecule has 0 aliphatic carbocycles. The van der Waals surface area contributed by atoms with Crippen molar-refractivity contribution in [2.24, 2.45) is 0 Å². The molecule has 0 fully saturated rings. The molecule has 0 atom stereocenters. The molecule has 7 rings (SSSR count). The second-order valence-corrected chi connectivity index (χ2v) is 14.1. The van der Waals surface area contributed by atoms with Crippen LogP contribution in [0.2, 0.25) is 0 Å². The third-order valence-corrected chi connectivity index (χ3v) is 12.5. The maximum Gasteiger partial charge on any atom is 0.131 e. The molecule has 0 amide bonds. The molecule has 0 unspecified atom stereocenters. The van der Waals surface area contributed by atoms with Crippen LogP contribution in [0.3, 0.4) is 0 Å². The number of fused-ring (bicyclic) bond motifs is 2. The Bertz CT molecular complexity index is 1660. The zero-order chi connectivity index (χ0) is 26.7. The van der Waals surface area contributed by atoms with Gasteiger partial charge in [0.1, 0.15) is 11.5 Å². The molecule has 1 aliphatic heterocycles. The fraction of sp³-hybridized carbons (Fsp3) is 0.0270. The van der Waals surface area contributed by atoms with Crippen molar-refractivity contribution in [1.29, 1.82) is 0 Å². The highest BCUT2D eigenvalue weighted by Crippen LogP contribution is 2.45. The molecule has 6 aromatic rings. The second kappa shape index (κ2) is 11.2. The minimum Gasteiger partial charge on any atom is -0.457 e. The average molecular weight is 551 g/mol. The lowest BCUT2D eigenvalue weighted by molar-refractivity contribution is 0.461. The van der Waals surface area contributed by atoms with Crippen LogP contribution in [-0.2, 0) is 6.42 Å². The summed E-state index contributed by atoms with van der Waals surface area (Å²) >= 11 is 0. The van der Waals surface area contributed by atoms with Crippen LogP contribution < -0.4 is 36.6 Å². The Morgan fingerprint density at radius 2 is 0.850 bits per heavy atom. The zero-order valence-electron chi connectivity index (χ0n) is 22.0. The fourth-order valence-electron chi connectivity index (χ4n) is 5.50. The van der Waals surface area contributed by atoms with E-state index < -0.39 is 15.8 Å². The summed E-state index contributed by atoms with van der Waals surface area (Å²) in [5.74, 6) is 1.94. The number of benzene rings is 6. The Morgan fingerprint density at radius 3 is 1.38 bits per heavy atom. The first-order chi connectivity index (χ1) is 19.9. The van der Waals surface area contributed by atoms with Crippen LogP contribution in [0.5, 0.6) is 11.5 Å². The predicted octanol–water partition coefficient (Wildman–Crippen LogP) is 6.90. The van der Waals surface area contributed by atoms with Crippen molar-refractivity contribution in [3.8, 4) is 11.5 Å². The summed E-state index contributed by atoms with van der Waals surface area (Å²) in [5.41, 5.74) is 2.56. The standard InChI is InChI=1S/C37H28OP2/c1-5-16-29(17-6-1)39(30-18-7-2-8-19-30)36-26-25-35-33(27-28-15-13-14-24-34(28)38-35)37(36)40(31-20-9-3-10-21-31)32-22-11-4-12-23-32/h1-26H,27H2. The van der Waals surface area contributed by atoms with Gasteiger partial charge in [0.05, 0.1) is 0 Å². The van der Waals surface area contributed by atoms with E-state index in [-0.39, 0.29) is 0 Å². The summed E-state index contributed by atoms with van der Waals surface area (Å²) in [5, 5.41) is 8.27. The van der Waals surface area contributed by atoms with E-state index in [2.05, 4.69) is 158 Å². The molecule has 0 N–H and O–H groups in total. The number of hydrogen-bond acceptors (Lipinski definition) is 1.